The zero-order chi connectivity index (χ0) is 7.78. The van der Waals surface area contributed by atoms with Crippen LogP contribution in [0.4, 0.5) is 3.89 Å². The molecule has 0 aliphatic rings. The van der Waals surface area contributed by atoms with Crippen LogP contribution in [0.3, 0.4) is 0 Å². The highest BCUT2D eigenvalue weighted by molar-refractivity contribution is 9.10. The van der Waals surface area contributed by atoms with Gasteiger partial charge in [0.2, 0.25) is 4.34 Å². The van der Waals surface area contributed by atoms with E-state index in [0.29, 0.717) is 4.60 Å². The lowest BCUT2D eigenvalue weighted by atomic mass is 11.0. The molecular weight excluding hydrogens is 245 g/mol. The minimum atomic E-state index is -4.60. The van der Waals surface area contributed by atoms with E-state index in [0.717, 1.165) is 11.3 Å². The Morgan fingerprint density at radius 3 is 2.50 bits per heavy atom. The first-order valence-corrected chi connectivity index (χ1v) is 5.11. The Morgan fingerprint density at radius 2 is 2.30 bits per heavy atom. The molecule has 0 bridgehead atoms. The average Bonchev–Trinajstić information content (AvgIpc) is 2.11. The lowest BCUT2D eigenvalue weighted by Gasteiger charge is -1.80. The van der Waals surface area contributed by atoms with Gasteiger partial charge in [0.05, 0.1) is 0 Å². The second kappa shape index (κ2) is 2.55. The highest BCUT2D eigenvalue weighted by atomic mass is 79.9. The number of hydrogen-bond acceptors (Lipinski definition) is 4. The van der Waals surface area contributed by atoms with Crippen LogP contribution < -0.4 is 0 Å². The summed E-state index contributed by atoms with van der Waals surface area (Å²) in [5, 5.41) is 1.40. The van der Waals surface area contributed by atoms with Crippen molar-refractivity contribution in [3.05, 3.63) is 9.98 Å². The molecular formula is C3HBrFNO2S2. The predicted molar refractivity (Wildman–Crippen MR) is 38.1 cm³/mol. The number of halogens is 2. The van der Waals surface area contributed by atoms with Crippen LogP contribution in [0.15, 0.2) is 14.3 Å². The Hall–Kier alpha value is -0.0100. The third kappa shape index (κ3) is 1.74. The van der Waals surface area contributed by atoms with Crippen LogP contribution in [0.2, 0.25) is 0 Å². The number of thiazole rings is 1. The van der Waals surface area contributed by atoms with Crippen molar-refractivity contribution in [1.82, 2.24) is 4.98 Å². The zero-order valence-corrected chi connectivity index (χ0v) is 7.63. The van der Waals surface area contributed by atoms with Crippen LogP contribution in [-0.2, 0) is 10.2 Å². The standard InChI is InChI=1S/C3HBrFNO2S2/c4-2-1-9-3(6-2)10(5,7)8/h1H. The summed E-state index contributed by atoms with van der Waals surface area (Å²) in [7, 11) is -4.60. The molecule has 7 heteroatoms. The van der Waals surface area contributed by atoms with E-state index in [4.69, 9.17) is 0 Å². The van der Waals surface area contributed by atoms with Gasteiger partial charge < -0.3 is 0 Å². The lowest BCUT2D eigenvalue weighted by Crippen LogP contribution is -1.88. The van der Waals surface area contributed by atoms with Gasteiger partial charge in [0.15, 0.2) is 0 Å². The summed E-state index contributed by atoms with van der Waals surface area (Å²) in [4.78, 5) is 3.35. The first-order chi connectivity index (χ1) is 4.50. The zero-order valence-electron chi connectivity index (χ0n) is 4.41. The number of nitrogens with zero attached hydrogens (tertiary/aromatic N) is 1. The molecule has 1 heterocycles. The molecule has 10 heavy (non-hydrogen) atoms. The predicted octanol–water partition coefficient (Wildman–Crippen LogP) is 1.56. The third-order valence-corrected chi connectivity index (χ3v) is 3.40. The number of rotatable bonds is 1. The monoisotopic (exact) mass is 245 g/mol. The maximum Gasteiger partial charge on any atom is 0.359 e. The molecule has 0 radical (unpaired) electrons. The van der Waals surface area contributed by atoms with Crippen LogP contribution in [0, 0.1) is 0 Å². The van der Waals surface area contributed by atoms with Gasteiger partial charge in [-0.2, -0.15) is 8.42 Å². The summed E-state index contributed by atoms with van der Waals surface area (Å²) in [6.45, 7) is 0. The van der Waals surface area contributed by atoms with Crippen LogP contribution in [0.5, 0.6) is 0 Å². The fourth-order valence-corrected chi connectivity index (χ4v) is 2.26. The smallest absolute Gasteiger partial charge is 0.216 e. The quantitative estimate of drug-likeness (QED) is 0.706. The van der Waals surface area contributed by atoms with Gasteiger partial charge in [-0.3, -0.25) is 0 Å². The largest absolute Gasteiger partial charge is 0.359 e. The molecule has 0 saturated carbocycles. The third-order valence-electron chi connectivity index (χ3n) is 0.664. The van der Waals surface area contributed by atoms with Crippen LogP contribution >= 0.6 is 27.3 Å². The van der Waals surface area contributed by atoms with E-state index in [1.165, 1.54) is 5.38 Å². The maximum atomic E-state index is 12.0. The Morgan fingerprint density at radius 1 is 1.70 bits per heavy atom. The van der Waals surface area contributed by atoms with Crippen molar-refractivity contribution in [2.75, 3.05) is 0 Å². The Labute approximate surface area is 69.2 Å². The minimum Gasteiger partial charge on any atom is -0.216 e. The molecule has 0 amide bonds. The fraction of sp³-hybridized carbons (Fsp3) is 0. The van der Waals surface area contributed by atoms with E-state index < -0.39 is 14.6 Å². The average molecular weight is 246 g/mol. The second-order valence-electron chi connectivity index (χ2n) is 1.37. The van der Waals surface area contributed by atoms with Gasteiger partial charge in [0.25, 0.3) is 0 Å². The molecule has 1 aromatic heterocycles. The van der Waals surface area contributed by atoms with Gasteiger partial charge in [0, 0.05) is 5.38 Å². The van der Waals surface area contributed by atoms with Crippen LogP contribution in [0.1, 0.15) is 0 Å². The van der Waals surface area contributed by atoms with Gasteiger partial charge >= 0.3 is 10.2 Å². The minimum absolute atomic E-state index is 0.328. The van der Waals surface area contributed by atoms with E-state index in [2.05, 4.69) is 20.9 Å². The molecule has 3 nitrogen and oxygen atoms in total. The summed E-state index contributed by atoms with van der Waals surface area (Å²) in [5.41, 5.74) is 0. The van der Waals surface area contributed by atoms with Gasteiger partial charge in [-0.05, 0) is 15.9 Å². The van der Waals surface area contributed by atoms with Crippen molar-refractivity contribution in [3.63, 3.8) is 0 Å². The van der Waals surface area contributed by atoms with E-state index in [1.807, 2.05) is 0 Å². The summed E-state index contributed by atoms with van der Waals surface area (Å²) < 4.78 is 32.1. The normalized spacial score (nSPS) is 11.8. The molecule has 0 aromatic carbocycles. The van der Waals surface area contributed by atoms with Crippen molar-refractivity contribution in [2.24, 2.45) is 0 Å². The van der Waals surface area contributed by atoms with Crippen molar-refractivity contribution < 1.29 is 12.3 Å². The van der Waals surface area contributed by atoms with Crippen LogP contribution in [0.25, 0.3) is 0 Å². The lowest BCUT2D eigenvalue weighted by molar-refractivity contribution is 0.551. The molecule has 0 unspecified atom stereocenters. The molecule has 0 aliphatic carbocycles. The van der Waals surface area contributed by atoms with E-state index in [-0.39, 0.29) is 0 Å². The summed E-state index contributed by atoms with van der Waals surface area (Å²) in [5.74, 6) is 0. The summed E-state index contributed by atoms with van der Waals surface area (Å²) in [6.07, 6.45) is 0. The molecule has 1 aromatic rings. The Bertz CT molecular complexity index is 332. The molecule has 0 saturated heterocycles. The molecule has 0 N–H and O–H groups in total. The number of aromatic nitrogens is 1. The topological polar surface area (TPSA) is 47.0 Å². The SMILES string of the molecule is O=S(=O)(F)c1nc(Br)cs1. The summed E-state index contributed by atoms with van der Waals surface area (Å²) in [6, 6.07) is 0. The van der Waals surface area contributed by atoms with Crippen molar-refractivity contribution in [2.45, 2.75) is 4.34 Å². The summed E-state index contributed by atoms with van der Waals surface area (Å²) >= 11 is 3.63. The number of hydrogen-bond donors (Lipinski definition) is 0. The van der Waals surface area contributed by atoms with Crippen molar-refractivity contribution in [1.29, 1.82) is 0 Å². The van der Waals surface area contributed by atoms with Gasteiger partial charge in [-0.15, -0.1) is 11.3 Å². The first kappa shape index (κ1) is 8.09. The molecule has 56 valence electrons. The van der Waals surface area contributed by atoms with Crippen molar-refractivity contribution in [3.8, 4) is 0 Å². The maximum absolute atomic E-state index is 12.0. The van der Waals surface area contributed by atoms with E-state index >= 15 is 0 Å². The van der Waals surface area contributed by atoms with Crippen molar-refractivity contribution >= 4 is 37.5 Å². The Kier molecular flexibility index (Phi) is 2.07. The molecule has 1 rings (SSSR count). The molecule has 0 fully saturated rings. The highest BCUT2D eigenvalue weighted by Crippen LogP contribution is 2.20. The van der Waals surface area contributed by atoms with E-state index in [1.54, 1.807) is 0 Å². The van der Waals surface area contributed by atoms with Gasteiger partial charge in [-0.25, -0.2) is 4.98 Å². The fourth-order valence-electron chi connectivity index (χ4n) is 0.351. The highest BCUT2D eigenvalue weighted by Gasteiger charge is 2.15. The van der Waals surface area contributed by atoms with Crippen LogP contribution in [-0.4, -0.2) is 13.4 Å². The van der Waals surface area contributed by atoms with Gasteiger partial charge in [-0.1, -0.05) is 3.89 Å². The van der Waals surface area contributed by atoms with Gasteiger partial charge in [0.1, 0.15) is 4.60 Å². The second-order valence-corrected chi connectivity index (χ2v) is 4.57. The molecule has 0 spiro atoms. The Balaban J connectivity index is 3.21. The first-order valence-electron chi connectivity index (χ1n) is 2.06. The van der Waals surface area contributed by atoms with E-state index in [9.17, 15) is 12.3 Å². The molecule has 0 aliphatic heterocycles. The molecule has 0 atom stereocenters.